The number of allylic oxidation sites excluding steroid dienone is 3. The van der Waals surface area contributed by atoms with Gasteiger partial charge in [0.1, 0.15) is 11.7 Å². The number of nitrogens with zero attached hydrogens (tertiary/aromatic N) is 1. The number of amides is 2. The summed E-state index contributed by atoms with van der Waals surface area (Å²) in [4.78, 5) is 35.7. The Kier molecular flexibility index (Phi) is 5.29. The molecule has 6 nitrogen and oxygen atoms in total. The average molecular weight is 277 g/mol. The molecule has 1 rings (SSSR count). The zero-order valence-electron chi connectivity index (χ0n) is 11.9. The molecule has 0 saturated carbocycles. The number of hydrogen-bond acceptors (Lipinski definition) is 5. The van der Waals surface area contributed by atoms with Crippen LogP contribution in [0, 0.1) is 0 Å². The maximum atomic E-state index is 11.8. The molecule has 1 aliphatic rings. The van der Waals surface area contributed by atoms with E-state index in [1.54, 1.807) is 26.1 Å². The molecule has 6 heteroatoms. The van der Waals surface area contributed by atoms with Crippen molar-refractivity contribution in [2.45, 2.75) is 32.7 Å². The SMILES string of the molecule is C/C=C\C(N)=C(/C)C(=C=O)N(C)C1CCC(=O)NC1=O. The van der Waals surface area contributed by atoms with Crippen LogP contribution in [-0.2, 0) is 14.4 Å². The molecule has 1 aliphatic heterocycles. The van der Waals surface area contributed by atoms with Crippen molar-refractivity contribution < 1.29 is 14.4 Å². The van der Waals surface area contributed by atoms with Crippen molar-refractivity contribution in [3.8, 4) is 0 Å². The van der Waals surface area contributed by atoms with E-state index in [1.165, 1.54) is 4.90 Å². The Morgan fingerprint density at radius 2 is 2.15 bits per heavy atom. The number of likely N-dealkylation sites (N-methyl/N-ethyl adjacent to an activating group) is 1. The summed E-state index contributed by atoms with van der Waals surface area (Å²) in [5.41, 5.74) is 7.04. The summed E-state index contributed by atoms with van der Waals surface area (Å²) in [7, 11) is 1.62. The van der Waals surface area contributed by atoms with Crippen LogP contribution in [0.2, 0.25) is 0 Å². The fraction of sp³-hybridized carbons (Fsp3) is 0.429. The molecule has 1 unspecified atom stereocenters. The van der Waals surface area contributed by atoms with E-state index in [2.05, 4.69) is 5.32 Å². The summed E-state index contributed by atoms with van der Waals surface area (Å²) in [5, 5.41) is 2.26. The van der Waals surface area contributed by atoms with E-state index in [9.17, 15) is 14.4 Å². The number of nitrogens with one attached hydrogen (secondary N) is 1. The highest BCUT2D eigenvalue weighted by molar-refractivity contribution is 6.00. The van der Waals surface area contributed by atoms with Crippen LogP contribution >= 0.6 is 0 Å². The molecule has 20 heavy (non-hydrogen) atoms. The first-order valence-electron chi connectivity index (χ1n) is 6.33. The number of hydrogen-bond donors (Lipinski definition) is 2. The highest BCUT2D eigenvalue weighted by Crippen LogP contribution is 2.20. The minimum absolute atomic E-state index is 0.218. The van der Waals surface area contributed by atoms with E-state index in [0.29, 0.717) is 17.7 Å². The number of piperidine rings is 1. The van der Waals surface area contributed by atoms with Gasteiger partial charge in [-0.15, -0.1) is 0 Å². The second-order valence-electron chi connectivity index (χ2n) is 4.61. The lowest BCUT2D eigenvalue weighted by Gasteiger charge is -2.31. The topological polar surface area (TPSA) is 92.5 Å². The van der Waals surface area contributed by atoms with Crippen molar-refractivity contribution in [1.29, 1.82) is 0 Å². The molecular weight excluding hydrogens is 258 g/mol. The van der Waals surface area contributed by atoms with E-state index < -0.39 is 11.9 Å². The van der Waals surface area contributed by atoms with Gasteiger partial charge in [0.25, 0.3) is 0 Å². The van der Waals surface area contributed by atoms with E-state index in [0.717, 1.165) is 0 Å². The van der Waals surface area contributed by atoms with Crippen molar-refractivity contribution >= 4 is 17.8 Å². The molecule has 0 spiro atoms. The summed E-state index contributed by atoms with van der Waals surface area (Å²) < 4.78 is 0. The third kappa shape index (κ3) is 3.36. The van der Waals surface area contributed by atoms with Crippen molar-refractivity contribution in [3.63, 3.8) is 0 Å². The zero-order valence-corrected chi connectivity index (χ0v) is 11.9. The highest BCUT2D eigenvalue weighted by atomic mass is 16.2. The van der Waals surface area contributed by atoms with E-state index in [4.69, 9.17) is 5.73 Å². The van der Waals surface area contributed by atoms with Gasteiger partial charge in [-0.1, -0.05) is 6.08 Å². The molecular formula is C14H19N3O3. The van der Waals surface area contributed by atoms with Gasteiger partial charge in [-0.2, -0.15) is 0 Å². The van der Waals surface area contributed by atoms with Crippen LogP contribution in [0.3, 0.4) is 0 Å². The zero-order chi connectivity index (χ0) is 15.3. The first kappa shape index (κ1) is 15.7. The molecule has 0 aromatic heterocycles. The summed E-state index contributed by atoms with van der Waals surface area (Å²) in [6.07, 6.45) is 4.04. The Morgan fingerprint density at radius 3 is 2.65 bits per heavy atom. The van der Waals surface area contributed by atoms with Crippen LogP contribution in [0.15, 0.2) is 29.1 Å². The molecule has 1 heterocycles. The molecule has 1 saturated heterocycles. The van der Waals surface area contributed by atoms with Crippen LogP contribution in [0.5, 0.6) is 0 Å². The van der Waals surface area contributed by atoms with Crippen molar-refractivity contribution in [2.75, 3.05) is 7.05 Å². The maximum absolute atomic E-state index is 11.8. The average Bonchev–Trinajstić information content (AvgIpc) is 2.39. The van der Waals surface area contributed by atoms with Crippen molar-refractivity contribution in [1.82, 2.24) is 10.2 Å². The van der Waals surface area contributed by atoms with Gasteiger partial charge in [-0.25, -0.2) is 4.79 Å². The number of carbonyl (C=O) groups is 2. The molecule has 0 aliphatic carbocycles. The Balaban J connectivity index is 3.02. The van der Waals surface area contributed by atoms with Crippen LogP contribution in [0.1, 0.15) is 26.7 Å². The molecule has 1 atom stereocenters. The number of rotatable bonds is 4. The monoisotopic (exact) mass is 277 g/mol. The van der Waals surface area contributed by atoms with Gasteiger partial charge in [0, 0.05) is 24.7 Å². The fourth-order valence-electron chi connectivity index (χ4n) is 2.06. The van der Waals surface area contributed by atoms with Crippen molar-refractivity contribution in [2.24, 2.45) is 5.73 Å². The fourth-order valence-corrected chi connectivity index (χ4v) is 2.06. The normalized spacial score (nSPS) is 20.2. The molecule has 3 N–H and O–H groups in total. The molecule has 0 bridgehead atoms. The minimum atomic E-state index is -0.572. The predicted molar refractivity (Wildman–Crippen MR) is 74.8 cm³/mol. The van der Waals surface area contributed by atoms with Gasteiger partial charge in [0.2, 0.25) is 11.8 Å². The second-order valence-corrected chi connectivity index (χ2v) is 4.61. The maximum Gasteiger partial charge on any atom is 0.249 e. The Hall–Kier alpha value is -2.33. The van der Waals surface area contributed by atoms with Gasteiger partial charge in [0.05, 0.1) is 0 Å². The van der Waals surface area contributed by atoms with E-state index >= 15 is 0 Å². The Labute approximate surface area is 118 Å². The predicted octanol–water partition coefficient (Wildman–Crippen LogP) is 0.248. The van der Waals surface area contributed by atoms with E-state index in [1.807, 2.05) is 12.9 Å². The van der Waals surface area contributed by atoms with Crippen LogP contribution in [0.4, 0.5) is 0 Å². The van der Waals surface area contributed by atoms with Gasteiger partial charge in [-0.3, -0.25) is 14.9 Å². The summed E-state index contributed by atoms with van der Waals surface area (Å²) in [6.45, 7) is 3.51. The van der Waals surface area contributed by atoms with Gasteiger partial charge in [0.15, 0.2) is 5.94 Å². The summed E-state index contributed by atoms with van der Waals surface area (Å²) in [5.74, 6) is 1.12. The lowest BCUT2D eigenvalue weighted by molar-refractivity contribution is -0.136. The van der Waals surface area contributed by atoms with Gasteiger partial charge >= 0.3 is 0 Å². The van der Waals surface area contributed by atoms with Crippen molar-refractivity contribution in [3.05, 3.63) is 29.1 Å². The quantitative estimate of drug-likeness (QED) is 0.436. The number of carbonyl (C=O) groups excluding carboxylic acids is 3. The highest BCUT2D eigenvalue weighted by Gasteiger charge is 2.31. The molecule has 0 radical (unpaired) electrons. The summed E-state index contributed by atoms with van der Waals surface area (Å²) >= 11 is 0. The lowest BCUT2D eigenvalue weighted by Crippen LogP contribution is -2.51. The number of imide groups is 1. The Morgan fingerprint density at radius 1 is 1.50 bits per heavy atom. The van der Waals surface area contributed by atoms with Gasteiger partial charge in [-0.05, 0) is 26.3 Å². The van der Waals surface area contributed by atoms with Crippen LogP contribution in [-0.4, -0.2) is 35.7 Å². The van der Waals surface area contributed by atoms with Gasteiger partial charge < -0.3 is 10.6 Å². The first-order chi connectivity index (χ1) is 9.42. The first-order valence-corrected chi connectivity index (χ1v) is 6.33. The molecule has 0 aromatic rings. The molecule has 108 valence electrons. The van der Waals surface area contributed by atoms with Crippen LogP contribution < -0.4 is 11.1 Å². The smallest absolute Gasteiger partial charge is 0.249 e. The second kappa shape index (κ2) is 6.73. The summed E-state index contributed by atoms with van der Waals surface area (Å²) in [6, 6.07) is -0.572. The molecule has 1 fully saturated rings. The Bertz CT molecular complexity index is 528. The minimum Gasteiger partial charge on any atom is -0.398 e. The third-order valence-electron chi connectivity index (χ3n) is 3.26. The largest absolute Gasteiger partial charge is 0.398 e. The van der Waals surface area contributed by atoms with E-state index in [-0.39, 0.29) is 18.0 Å². The number of nitrogens with two attached hydrogens (primary N) is 1. The van der Waals surface area contributed by atoms with Crippen LogP contribution in [0.25, 0.3) is 0 Å². The third-order valence-corrected chi connectivity index (χ3v) is 3.26. The standard InChI is InChI=1S/C14H19N3O3/c1-4-5-10(15)9(2)12(8-18)17(3)11-6-7-13(19)16-14(11)20/h4-5,11H,6-7,15H2,1-3H3,(H,16,19,20)/b5-4-,10-9-. The molecule has 0 aromatic carbocycles. The lowest BCUT2D eigenvalue weighted by atomic mass is 10.0. The molecule has 2 amide bonds.